The lowest BCUT2D eigenvalue weighted by atomic mass is 10.0. The highest BCUT2D eigenvalue weighted by atomic mass is 16.2. The Morgan fingerprint density at radius 1 is 1.08 bits per heavy atom. The second-order valence-electron chi connectivity index (χ2n) is 6.73. The summed E-state index contributed by atoms with van der Waals surface area (Å²) in [5.41, 5.74) is 5.40. The summed E-state index contributed by atoms with van der Waals surface area (Å²) in [6.07, 6.45) is 5.62. The first kappa shape index (κ1) is 16.4. The van der Waals surface area contributed by atoms with Gasteiger partial charge in [0.2, 0.25) is 0 Å². The largest absolute Gasteiger partial charge is 0.348 e. The molecule has 4 rings (SSSR count). The third-order valence-corrected chi connectivity index (χ3v) is 5.08. The Morgan fingerprint density at radius 3 is 2.65 bits per heavy atom. The number of carbonyl (C=O) groups is 1. The van der Waals surface area contributed by atoms with Gasteiger partial charge in [0, 0.05) is 43.1 Å². The van der Waals surface area contributed by atoms with E-state index in [4.69, 9.17) is 0 Å². The van der Waals surface area contributed by atoms with E-state index in [0.717, 1.165) is 23.5 Å². The summed E-state index contributed by atoms with van der Waals surface area (Å²) in [5.74, 6) is 0. The molecule has 0 unspecified atom stereocenters. The smallest absolute Gasteiger partial charge is 0.322 e. The van der Waals surface area contributed by atoms with Gasteiger partial charge in [0.05, 0.1) is 6.04 Å². The summed E-state index contributed by atoms with van der Waals surface area (Å²) >= 11 is 0. The Bertz CT molecular complexity index is 932. The van der Waals surface area contributed by atoms with Crippen LogP contribution in [0, 0.1) is 13.8 Å². The first-order valence-corrected chi connectivity index (χ1v) is 8.83. The fourth-order valence-electron chi connectivity index (χ4n) is 3.51. The highest BCUT2D eigenvalue weighted by molar-refractivity contribution is 5.90. The van der Waals surface area contributed by atoms with Crippen molar-refractivity contribution in [2.24, 2.45) is 0 Å². The van der Waals surface area contributed by atoms with Crippen LogP contribution in [0.4, 0.5) is 10.5 Å². The summed E-state index contributed by atoms with van der Waals surface area (Å²) < 4.78 is 2.21. The average Bonchev–Trinajstić information content (AvgIpc) is 3.13. The second kappa shape index (κ2) is 6.67. The molecule has 1 aliphatic heterocycles. The summed E-state index contributed by atoms with van der Waals surface area (Å²) in [5, 5.41) is 3.06. The number of hydrogen-bond donors (Lipinski definition) is 1. The molecule has 1 atom stereocenters. The fourth-order valence-corrected chi connectivity index (χ4v) is 3.51. The van der Waals surface area contributed by atoms with Gasteiger partial charge in [-0.2, -0.15) is 0 Å². The Hall–Kier alpha value is -3.08. The van der Waals surface area contributed by atoms with Gasteiger partial charge >= 0.3 is 6.03 Å². The third-order valence-electron chi connectivity index (χ3n) is 5.08. The molecule has 0 bridgehead atoms. The number of nitrogens with zero attached hydrogens (tertiary/aromatic N) is 3. The maximum Gasteiger partial charge on any atom is 0.322 e. The molecule has 0 aliphatic carbocycles. The first-order chi connectivity index (χ1) is 12.6. The van der Waals surface area contributed by atoms with Crippen molar-refractivity contribution in [1.82, 2.24) is 14.5 Å². The molecule has 2 aromatic heterocycles. The van der Waals surface area contributed by atoms with Gasteiger partial charge in [-0.3, -0.25) is 4.98 Å². The van der Waals surface area contributed by atoms with Crippen molar-refractivity contribution in [2.45, 2.75) is 26.4 Å². The van der Waals surface area contributed by atoms with Gasteiger partial charge in [-0.1, -0.05) is 6.07 Å². The van der Waals surface area contributed by atoms with Crippen LogP contribution in [-0.4, -0.2) is 27.0 Å². The van der Waals surface area contributed by atoms with Gasteiger partial charge in [-0.25, -0.2) is 4.79 Å². The normalized spacial score (nSPS) is 16.2. The standard InChI is InChI=1S/C21H22N4O/c1-15-5-6-18(14-16(15)2)23-21(26)25-13-12-24-11-3-4-19(24)20(25)17-7-9-22-10-8-17/h3-11,14,20H,12-13H2,1-2H3,(H,23,26)/t20-/m0/s1. The number of rotatable bonds is 2. The third kappa shape index (κ3) is 2.96. The van der Waals surface area contributed by atoms with Crippen LogP contribution in [0.15, 0.2) is 61.1 Å². The molecule has 1 aliphatic rings. The van der Waals surface area contributed by atoms with E-state index < -0.39 is 0 Å². The molecule has 0 saturated heterocycles. The Balaban J connectivity index is 1.65. The zero-order valence-electron chi connectivity index (χ0n) is 15.0. The van der Waals surface area contributed by atoms with E-state index in [1.807, 2.05) is 41.3 Å². The number of amides is 2. The van der Waals surface area contributed by atoms with E-state index in [2.05, 4.69) is 41.0 Å². The van der Waals surface area contributed by atoms with Gasteiger partial charge in [-0.15, -0.1) is 0 Å². The van der Waals surface area contributed by atoms with Crippen molar-refractivity contribution in [3.05, 3.63) is 83.4 Å². The van der Waals surface area contributed by atoms with Crippen molar-refractivity contribution in [2.75, 3.05) is 11.9 Å². The van der Waals surface area contributed by atoms with E-state index in [9.17, 15) is 4.79 Å². The minimum absolute atomic E-state index is 0.0810. The Kier molecular flexibility index (Phi) is 4.21. The number of pyridine rings is 1. The summed E-state index contributed by atoms with van der Waals surface area (Å²) in [7, 11) is 0. The van der Waals surface area contributed by atoms with Crippen LogP contribution in [0.25, 0.3) is 0 Å². The van der Waals surface area contributed by atoms with Gasteiger partial charge in [0.25, 0.3) is 0 Å². The minimum atomic E-state index is -0.117. The lowest BCUT2D eigenvalue weighted by Gasteiger charge is -2.37. The monoisotopic (exact) mass is 346 g/mol. The molecule has 0 spiro atoms. The maximum atomic E-state index is 13.1. The van der Waals surface area contributed by atoms with Gasteiger partial charge < -0.3 is 14.8 Å². The lowest BCUT2D eigenvalue weighted by Crippen LogP contribution is -2.44. The molecule has 1 aromatic carbocycles. The number of benzene rings is 1. The quantitative estimate of drug-likeness (QED) is 0.758. The Morgan fingerprint density at radius 2 is 1.88 bits per heavy atom. The fraction of sp³-hybridized carbons (Fsp3) is 0.238. The van der Waals surface area contributed by atoms with Crippen LogP contribution in [-0.2, 0) is 6.54 Å². The van der Waals surface area contributed by atoms with Gasteiger partial charge in [0.15, 0.2) is 0 Å². The van der Waals surface area contributed by atoms with E-state index in [1.54, 1.807) is 12.4 Å². The molecule has 5 nitrogen and oxygen atoms in total. The van der Waals surface area contributed by atoms with Crippen LogP contribution in [0.1, 0.15) is 28.4 Å². The second-order valence-corrected chi connectivity index (χ2v) is 6.73. The number of hydrogen-bond acceptors (Lipinski definition) is 2. The highest BCUT2D eigenvalue weighted by Crippen LogP contribution is 2.32. The molecular formula is C21H22N4O. The first-order valence-electron chi connectivity index (χ1n) is 8.83. The average molecular weight is 346 g/mol. The highest BCUT2D eigenvalue weighted by Gasteiger charge is 2.32. The molecule has 26 heavy (non-hydrogen) atoms. The van der Waals surface area contributed by atoms with Gasteiger partial charge in [-0.05, 0) is 66.9 Å². The van der Waals surface area contributed by atoms with Crippen molar-refractivity contribution < 1.29 is 4.79 Å². The van der Waals surface area contributed by atoms with Crippen molar-refractivity contribution >= 4 is 11.7 Å². The van der Waals surface area contributed by atoms with E-state index in [-0.39, 0.29) is 12.1 Å². The van der Waals surface area contributed by atoms with Crippen LogP contribution in [0.5, 0.6) is 0 Å². The SMILES string of the molecule is Cc1ccc(NC(=O)N2CCn3cccc3[C@@H]2c2ccncc2)cc1C. The van der Waals surface area contributed by atoms with Crippen molar-refractivity contribution in [3.63, 3.8) is 0 Å². The zero-order chi connectivity index (χ0) is 18.1. The maximum absolute atomic E-state index is 13.1. The van der Waals surface area contributed by atoms with E-state index in [0.29, 0.717) is 6.54 Å². The molecule has 3 aromatic rings. The van der Waals surface area contributed by atoms with E-state index >= 15 is 0 Å². The molecule has 2 amide bonds. The van der Waals surface area contributed by atoms with Crippen LogP contribution < -0.4 is 5.32 Å². The molecule has 1 N–H and O–H groups in total. The van der Waals surface area contributed by atoms with Crippen LogP contribution >= 0.6 is 0 Å². The summed E-state index contributed by atoms with van der Waals surface area (Å²) in [6, 6.07) is 13.9. The lowest BCUT2D eigenvalue weighted by molar-refractivity contribution is 0.182. The molecular weight excluding hydrogens is 324 g/mol. The minimum Gasteiger partial charge on any atom is -0.348 e. The molecule has 132 valence electrons. The van der Waals surface area contributed by atoms with Crippen LogP contribution in [0.2, 0.25) is 0 Å². The molecule has 5 heteroatoms. The molecule has 0 radical (unpaired) electrons. The summed E-state index contributed by atoms with van der Waals surface area (Å²) in [4.78, 5) is 19.1. The summed E-state index contributed by atoms with van der Waals surface area (Å²) in [6.45, 7) is 5.58. The van der Waals surface area contributed by atoms with Crippen LogP contribution in [0.3, 0.4) is 0 Å². The molecule has 0 saturated carbocycles. The Labute approximate surface area is 153 Å². The van der Waals surface area contributed by atoms with Gasteiger partial charge in [0.1, 0.15) is 0 Å². The number of carbonyl (C=O) groups excluding carboxylic acids is 1. The molecule has 3 heterocycles. The van der Waals surface area contributed by atoms with Crippen molar-refractivity contribution in [1.29, 1.82) is 0 Å². The number of urea groups is 1. The predicted molar refractivity (Wildman–Crippen MR) is 102 cm³/mol. The van der Waals surface area contributed by atoms with Crippen molar-refractivity contribution in [3.8, 4) is 0 Å². The number of nitrogens with one attached hydrogen (secondary N) is 1. The number of fused-ring (bicyclic) bond motifs is 1. The number of aromatic nitrogens is 2. The predicted octanol–water partition coefficient (Wildman–Crippen LogP) is 4.14. The number of anilines is 1. The number of aryl methyl sites for hydroxylation is 2. The molecule has 0 fully saturated rings. The topological polar surface area (TPSA) is 50.2 Å². The van der Waals surface area contributed by atoms with E-state index in [1.165, 1.54) is 11.1 Å². The zero-order valence-corrected chi connectivity index (χ0v) is 15.0.